The second-order valence-corrected chi connectivity index (χ2v) is 5.42. The zero-order chi connectivity index (χ0) is 12.5. The summed E-state index contributed by atoms with van der Waals surface area (Å²) in [5.41, 5.74) is 1.19. The number of aliphatic hydroxyl groups excluding tert-OH is 1. The molecule has 0 bridgehead atoms. The van der Waals surface area contributed by atoms with E-state index in [1.165, 1.54) is 5.56 Å². The molecule has 1 aromatic rings. The molecule has 1 aliphatic heterocycles. The van der Waals surface area contributed by atoms with Crippen molar-refractivity contribution in [2.45, 2.75) is 37.8 Å². The van der Waals surface area contributed by atoms with E-state index in [0.717, 1.165) is 25.7 Å². The summed E-state index contributed by atoms with van der Waals surface area (Å²) in [6.45, 7) is 0.716. The lowest BCUT2D eigenvalue weighted by atomic mass is 10.0. The molecule has 1 saturated carbocycles. The highest BCUT2D eigenvalue weighted by atomic mass is 16.3. The summed E-state index contributed by atoms with van der Waals surface area (Å²) >= 11 is 0. The van der Waals surface area contributed by atoms with E-state index in [4.69, 9.17) is 0 Å². The van der Waals surface area contributed by atoms with Crippen molar-refractivity contribution in [3.8, 4) is 0 Å². The molecule has 1 heterocycles. The standard InChI is InChI=1S/C15H19NO2/c17-14-8-9-16(15(18)12-6-7-12)13(14)10-11-4-2-1-3-5-11/h1-5,12-14,17H,6-10H2/t13-,14-/m1/s1. The van der Waals surface area contributed by atoms with E-state index < -0.39 is 0 Å². The lowest BCUT2D eigenvalue weighted by Crippen LogP contribution is -2.41. The smallest absolute Gasteiger partial charge is 0.226 e. The Morgan fingerprint density at radius 1 is 1.22 bits per heavy atom. The van der Waals surface area contributed by atoms with Gasteiger partial charge in [0.05, 0.1) is 12.1 Å². The van der Waals surface area contributed by atoms with E-state index in [9.17, 15) is 9.90 Å². The van der Waals surface area contributed by atoms with Crippen molar-refractivity contribution >= 4 is 5.91 Å². The zero-order valence-electron chi connectivity index (χ0n) is 10.5. The molecule has 2 aliphatic rings. The maximum absolute atomic E-state index is 12.2. The highest BCUT2D eigenvalue weighted by Crippen LogP contribution is 2.34. The van der Waals surface area contributed by atoms with Crippen LogP contribution in [-0.2, 0) is 11.2 Å². The number of benzene rings is 1. The van der Waals surface area contributed by atoms with Gasteiger partial charge in [0.1, 0.15) is 0 Å². The average molecular weight is 245 g/mol. The molecule has 1 N–H and O–H groups in total. The van der Waals surface area contributed by atoms with E-state index >= 15 is 0 Å². The van der Waals surface area contributed by atoms with Gasteiger partial charge in [-0.05, 0) is 31.2 Å². The molecular weight excluding hydrogens is 226 g/mol. The number of likely N-dealkylation sites (tertiary alicyclic amines) is 1. The average Bonchev–Trinajstić information content (AvgIpc) is 3.17. The highest BCUT2D eigenvalue weighted by molar-refractivity contribution is 5.81. The Morgan fingerprint density at radius 3 is 2.61 bits per heavy atom. The van der Waals surface area contributed by atoms with Gasteiger partial charge in [0.25, 0.3) is 0 Å². The van der Waals surface area contributed by atoms with E-state index in [2.05, 4.69) is 12.1 Å². The number of nitrogens with zero attached hydrogens (tertiary/aromatic N) is 1. The normalized spacial score (nSPS) is 27.5. The minimum atomic E-state index is -0.368. The number of rotatable bonds is 3. The number of carbonyl (C=O) groups excluding carboxylic acids is 1. The SMILES string of the molecule is O=C(C1CC1)N1CC[C@@H](O)[C@H]1Cc1ccccc1. The molecule has 3 heteroatoms. The van der Waals surface area contributed by atoms with Gasteiger partial charge >= 0.3 is 0 Å². The molecular formula is C15H19NO2. The summed E-state index contributed by atoms with van der Waals surface area (Å²) in [5, 5.41) is 10.1. The number of amides is 1. The van der Waals surface area contributed by atoms with Crippen LogP contribution in [0.4, 0.5) is 0 Å². The minimum Gasteiger partial charge on any atom is -0.391 e. The largest absolute Gasteiger partial charge is 0.391 e. The minimum absolute atomic E-state index is 0.0273. The number of carbonyl (C=O) groups is 1. The van der Waals surface area contributed by atoms with Gasteiger partial charge in [-0.3, -0.25) is 4.79 Å². The molecule has 1 aliphatic carbocycles. The van der Waals surface area contributed by atoms with Gasteiger partial charge in [-0.15, -0.1) is 0 Å². The third kappa shape index (κ3) is 2.27. The molecule has 2 atom stereocenters. The van der Waals surface area contributed by atoms with Gasteiger partial charge in [-0.2, -0.15) is 0 Å². The predicted molar refractivity (Wildman–Crippen MR) is 69.0 cm³/mol. The first-order valence-corrected chi connectivity index (χ1v) is 6.78. The fourth-order valence-corrected chi connectivity index (χ4v) is 2.78. The summed E-state index contributed by atoms with van der Waals surface area (Å²) < 4.78 is 0. The van der Waals surface area contributed by atoms with Crippen LogP contribution in [0, 0.1) is 5.92 Å². The quantitative estimate of drug-likeness (QED) is 0.878. The Morgan fingerprint density at radius 2 is 1.94 bits per heavy atom. The van der Waals surface area contributed by atoms with Crippen LogP contribution in [0.5, 0.6) is 0 Å². The Bertz CT molecular complexity index is 427. The lowest BCUT2D eigenvalue weighted by molar-refractivity contribution is -0.134. The van der Waals surface area contributed by atoms with E-state index in [1.807, 2.05) is 23.1 Å². The molecule has 3 rings (SSSR count). The maximum Gasteiger partial charge on any atom is 0.226 e. The molecule has 0 radical (unpaired) electrons. The van der Waals surface area contributed by atoms with E-state index in [-0.39, 0.29) is 24.0 Å². The van der Waals surface area contributed by atoms with Crippen LogP contribution in [0.1, 0.15) is 24.8 Å². The molecule has 96 valence electrons. The third-order valence-corrected chi connectivity index (χ3v) is 4.01. The molecule has 3 nitrogen and oxygen atoms in total. The first-order valence-electron chi connectivity index (χ1n) is 6.78. The second-order valence-electron chi connectivity index (χ2n) is 5.42. The number of hydrogen-bond acceptors (Lipinski definition) is 2. The molecule has 1 saturated heterocycles. The van der Waals surface area contributed by atoms with Crippen molar-refractivity contribution in [3.63, 3.8) is 0 Å². The number of hydrogen-bond donors (Lipinski definition) is 1. The van der Waals surface area contributed by atoms with Crippen molar-refractivity contribution in [3.05, 3.63) is 35.9 Å². The van der Waals surface area contributed by atoms with Crippen molar-refractivity contribution < 1.29 is 9.90 Å². The fourth-order valence-electron chi connectivity index (χ4n) is 2.78. The Labute approximate surface area is 107 Å². The summed E-state index contributed by atoms with van der Waals surface area (Å²) in [6, 6.07) is 10.1. The summed E-state index contributed by atoms with van der Waals surface area (Å²) in [7, 11) is 0. The van der Waals surface area contributed by atoms with Gasteiger partial charge in [-0.25, -0.2) is 0 Å². The van der Waals surface area contributed by atoms with Crippen LogP contribution in [0.2, 0.25) is 0 Å². The Balaban J connectivity index is 1.73. The third-order valence-electron chi connectivity index (χ3n) is 4.01. The fraction of sp³-hybridized carbons (Fsp3) is 0.533. The first kappa shape index (κ1) is 11.7. The Kier molecular flexibility index (Phi) is 3.08. The zero-order valence-corrected chi connectivity index (χ0v) is 10.5. The maximum atomic E-state index is 12.2. The molecule has 0 spiro atoms. The molecule has 0 aromatic heterocycles. The second kappa shape index (κ2) is 4.73. The van der Waals surface area contributed by atoms with Crippen LogP contribution in [0.25, 0.3) is 0 Å². The molecule has 1 aromatic carbocycles. The molecule has 1 amide bonds. The monoisotopic (exact) mass is 245 g/mol. The van der Waals surface area contributed by atoms with Gasteiger partial charge in [0.15, 0.2) is 0 Å². The van der Waals surface area contributed by atoms with E-state index in [1.54, 1.807) is 0 Å². The number of aliphatic hydroxyl groups is 1. The molecule has 18 heavy (non-hydrogen) atoms. The highest BCUT2D eigenvalue weighted by Gasteiger charge is 2.41. The van der Waals surface area contributed by atoms with Gasteiger partial charge in [-0.1, -0.05) is 30.3 Å². The van der Waals surface area contributed by atoms with Crippen LogP contribution in [-0.4, -0.2) is 34.6 Å². The summed E-state index contributed by atoms with van der Waals surface area (Å²) in [6.07, 6.45) is 3.18. The van der Waals surface area contributed by atoms with Gasteiger partial charge in [0, 0.05) is 12.5 Å². The van der Waals surface area contributed by atoms with Crippen LogP contribution in [0.3, 0.4) is 0 Å². The Hall–Kier alpha value is -1.35. The topological polar surface area (TPSA) is 40.5 Å². The molecule has 2 fully saturated rings. The van der Waals surface area contributed by atoms with Crippen LogP contribution >= 0.6 is 0 Å². The van der Waals surface area contributed by atoms with E-state index in [0.29, 0.717) is 6.54 Å². The van der Waals surface area contributed by atoms with Crippen LogP contribution < -0.4 is 0 Å². The lowest BCUT2D eigenvalue weighted by Gasteiger charge is -2.26. The van der Waals surface area contributed by atoms with Crippen molar-refractivity contribution in [1.82, 2.24) is 4.90 Å². The molecule has 0 unspecified atom stereocenters. The summed E-state index contributed by atoms with van der Waals surface area (Å²) in [4.78, 5) is 14.1. The van der Waals surface area contributed by atoms with Crippen molar-refractivity contribution in [1.29, 1.82) is 0 Å². The predicted octanol–water partition coefficient (Wildman–Crippen LogP) is 1.60. The van der Waals surface area contributed by atoms with Crippen molar-refractivity contribution in [2.75, 3.05) is 6.54 Å². The van der Waals surface area contributed by atoms with Crippen molar-refractivity contribution in [2.24, 2.45) is 5.92 Å². The summed E-state index contributed by atoms with van der Waals surface area (Å²) in [5.74, 6) is 0.501. The first-order chi connectivity index (χ1) is 8.75. The van der Waals surface area contributed by atoms with Crippen LogP contribution in [0.15, 0.2) is 30.3 Å². The van der Waals surface area contributed by atoms with Gasteiger partial charge < -0.3 is 10.0 Å². The van der Waals surface area contributed by atoms with Gasteiger partial charge in [0.2, 0.25) is 5.91 Å².